The van der Waals surface area contributed by atoms with Gasteiger partial charge in [-0.2, -0.15) is 0 Å². The zero-order valence-corrected chi connectivity index (χ0v) is 17.2. The van der Waals surface area contributed by atoms with Gasteiger partial charge in [0.2, 0.25) is 5.91 Å². The topological polar surface area (TPSA) is 67.0 Å². The number of nitrogens with one attached hydrogen (secondary N) is 2. The van der Waals surface area contributed by atoms with E-state index in [1.807, 2.05) is 45.9 Å². The molecule has 1 aromatic heterocycles. The van der Waals surface area contributed by atoms with Gasteiger partial charge in [-0.1, -0.05) is 29.5 Å². The molecule has 0 radical (unpaired) electrons. The van der Waals surface area contributed by atoms with Crippen LogP contribution >= 0.6 is 11.8 Å². The molecule has 3 rings (SSSR count). The maximum absolute atomic E-state index is 12.7. The van der Waals surface area contributed by atoms with Crippen molar-refractivity contribution in [2.45, 2.75) is 45.0 Å². The number of nitrogens with zero attached hydrogens (tertiary/aromatic N) is 1. The molecule has 2 aromatic carbocycles. The normalized spacial score (nSPS) is 12.2. The van der Waals surface area contributed by atoms with Crippen LogP contribution in [-0.4, -0.2) is 27.7 Å². The number of anilines is 1. The summed E-state index contributed by atoms with van der Waals surface area (Å²) in [5.41, 5.74) is 6.00. The number of carbonyl (C=O) groups excluding carboxylic acids is 1. The second-order valence-electron chi connectivity index (χ2n) is 6.68. The predicted octanol–water partition coefficient (Wildman–Crippen LogP) is 5.01. The summed E-state index contributed by atoms with van der Waals surface area (Å²) in [6.07, 6.45) is 0. The van der Waals surface area contributed by atoms with E-state index in [9.17, 15) is 4.79 Å². The lowest BCUT2D eigenvalue weighted by Gasteiger charge is -2.15. The molecule has 27 heavy (non-hydrogen) atoms. The Balaban J connectivity index is 1.72. The van der Waals surface area contributed by atoms with Crippen LogP contribution in [0.4, 0.5) is 5.69 Å². The summed E-state index contributed by atoms with van der Waals surface area (Å²) >= 11 is 1.41. The summed E-state index contributed by atoms with van der Waals surface area (Å²) in [7, 11) is 0. The van der Waals surface area contributed by atoms with Crippen molar-refractivity contribution in [2.75, 3.05) is 11.9 Å². The van der Waals surface area contributed by atoms with Crippen LogP contribution in [0.5, 0.6) is 5.75 Å². The number of hydrogen-bond acceptors (Lipinski definition) is 4. The highest BCUT2D eigenvalue weighted by molar-refractivity contribution is 8.00. The Hall–Kier alpha value is -2.47. The SMILES string of the molecule is CCOc1ccc2nc(SC(C)C(=O)Nc3c(C)cc(C)cc3C)[nH]c2c1. The van der Waals surface area contributed by atoms with E-state index in [2.05, 4.69) is 34.3 Å². The van der Waals surface area contributed by atoms with E-state index in [1.54, 1.807) is 0 Å². The molecule has 0 fully saturated rings. The minimum absolute atomic E-state index is 0.0366. The van der Waals surface area contributed by atoms with Gasteiger partial charge in [-0.3, -0.25) is 4.79 Å². The number of fused-ring (bicyclic) bond motifs is 1. The number of imidazole rings is 1. The Kier molecular flexibility index (Phi) is 5.75. The number of aromatic nitrogens is 2. The molecule has 1 amide bonds. The van der Waals surface area contributed by atoms with Crippen LogP contribution in [0.2, 0.25) is 0 Å². The number of aromatic amines is 1. The number of H-pyrrole nitrogens is 1. The molecule has 0 spiro atoms. The maximum atomic E-state index is 12.7. The number of carbonyl (C=O) groups is 1. The van der Waals surface area contributed by atoms with Gasteiger partial charge in [0, 0.05) is 11.8 Å². The lowest BCUT2D eigenvalue weighted by Crippen LogP contribution is -2.23. The molecule has 0 bridgehead atoms. The Labute approximate surface area is 163 Å². The van der Waals surface area contributed by atoms with E-state index in [4.69, 9.17) is 4.74 Å². The Morgan fingerprint density at radius 1 is 1.22 bits per heavy atom. The molecule has 0 aliphatic rings. The molecule has 0 saturated carbocycles. The molecule has 0 aliphatic heterocycles. The second-order valence-corrected chi connectivity index (χ2v) is 8.01. The van der Waals surface area contributed by atoms with Gasteiger partial charge in [-0.05, 0) is 57.9 Å². The molecule has 0 saturated heterocycles. The number of hydrogen-bond donors (Lipinski definition) is 2. The van der Waals surface area contributed by atoms with Crippen LogP contribution < -0.4 is 10.1 Å². The van der Waals surface area contributed by atoms with Gasteiger partial charge in [0.05, 0.1) is 22.9 Å². The van der Waals surface area contributed by atoms with Crippen molar-refractivity contribution < 1.29 is 9.53 Å². The average Bonchev–Trinajstić information content (AvgIpc) is 2.99. The van der Waals surface area contributed by atoms with Gasteiger partial charge in [0.1, 0.15) is 5.75 Å². The molecule has 5 nitrogen and oxygen atoms in total. The number of benzene rings is 2. The van der Waals surface area contributed by atoms with Gasteiger partial charge >= 0.3 is 0 Å². The van der Waals surface area contributed by atoms with Crippen molar-refractivity contribution in [3.05, 3.63) is 47.0 Å². The first-order chi connectivity index (χ1) is 12.9. The van der Waals surface area contributed by atoms with Crippen molar-refractivity contribution in [1.29, 1.82) is 0 Å². The van der Waals surface area contributed by atoms with E-state index < -0.39 is 0 Å². The minimum atomic E-state index is -0.281. The quantitative estimate of drug-likeness (QED) is 0.588. The molecule has 3 aromatic rings. The summed E-state index contributed by atoms with van der Waals surface area (Å²) in [4.78, 5) is 20.5. The van der Waals surface area contributed by atoms with Gasteiger partial charge in [-0.15, -0.1) is 0 Å². The number of aryl methyl sites for hydroxylation is 3. The zero-order chi connectivity index (χ0) is 19.6. The zero-order valence-electron chi connectivity index (χ0n) is 16.3. The molecule has 1 heterocycles. The lowest BCUT2D eigenvalue weighted by atomic mass is 10.1. The molecular formula is C21H25N3O2S. The van der Waals surface area contributed by atoms with E-state index in [0.29, 0.717) is 6.61 Å². The third-order valence-electron chi connectivity index (χ3n) is 4.33. The van der Waals surface area contributed by atoms with Gasteiger partial charge in [0.25, 0.3) is 0 Å². The molecule has 0 aliphatic carbocycles. The first-order valence-electron chi connectivity index (χ1n) is 9.05. The van der Waals surface area contributed by atoms with E-state index >= 15 is 0 Å². The fraction of sp³-hybridized carbons (Fsp3) is 0.333. The van der Waals surface area contributed by atoms with E-state index in [0.717, 1.165) is 38.8 Å². The standard InChI is InChI=1S/C21H25N3O2S/c1-6-26-16-7-8-17-18(11-16)23-21(22-17)27-15(5)20(25)24-19-13(3)9-12(2)10-14(19)4/h7-11,15H,6H2,1-5H3,(H,22,23)(H,24,25). The molecular weight excluding hydrogens is 358 g/mol. The molecule has 6 heteroatoms. The number of rotatable bonds is 6. The van der Waals surface area contributed by atoms with Crippen LogP contribution in [0.3, 0.4) is 0 Å². The minimum Gasteiger partial charge on any atom is -0.494 e. The molecule has 1 atom stereocenters. The van der Waals surface area contributed by atoms with Crippen LogP contribution in [0.25, 0.3) is 11.0 Å². The first-order valence-corrected chi connectivity index (χ1v) is 9.93. The van der Waals surface area contributed by atoms with Crippen molar-refractivity contribution in [2.24, 2.45) is 0 Å². The van der Waals surface area contributed by atoms with Crippen molar-refractivity contribution >= 4 is 34.4 Å². The fourth-order valence-corrected chi connectivity index (χ4v) is 3.92. The average molecular weight is 384 g/mol. The summed E-state index contributed by atoms with van der Waals surface area (Å²) in [6.45, 7) is 10.6. The van der Waals surface area contributed by atoms with Crippen LogP contribution in [0.1, 0.15) is 30.5 Å². The van der Waals surface area contributed by atoms with Gasteiger partial charge < -0.3 is 15.0 Å². The fourth-order valence-electron chi connectivity index (χ4n) is 3.10. The van der Waals surface area contributed by atoms with E-state index in [1.165, 1.54) is 17.3 Å². The summed E-state index contributed by atoms with van der Waals surface area (Å²) in [6, 6.07) is 9.91. The molecule has 142 valence electrons. The first kappa shape index (κ1) is 19.3. The third-order valence-corrected chi connectivity index (χ3v) is 5.31. The van der Waals surface area contributed by atoms with Crippen LogP contribution in [0.15, 0.2) is 35.5 Å². The number of ether oxygens (including phenoxy) is 1. The molecule has 1 unspecified atom stereocenters. The lowest BCUT2D eigenvalue weighted by molar-refractivity contribution is -0.115. The van der Waals surface area contributed by atoms with Crippen molar-refractivity contribution in [3.8, 4) is 5.75 Å². The maximum Gasteiger partial charge on any atom is 0.237 e. The number of thioether (sulfide) groups is 1. The smallest absolute Gasteiger partial charge is 0.237 e. The van der Waals surface area contributed by atoms with Gasteiger partial charge in [-0.25, -0.2) is 4.98 Å². The van der Waals surface area contributed by atoms with Crippen molar-refractivity contribution in [1.82, 2.24) is 9.97 Å². The highest BCUT2D eigenvalue weighted by Crippen LogP contribution is 2.28. The summed E-state index contributed by atoms with van der Waals surface area (Å²) in [5.74, 6) is 0.770. The van der Waals surface area contributed by atoms with Crippen molar-refractivity contribution in [3.63, 3.8) is 0 Å². The highest BCUT2D eigenvalue weighted by atomic mass is 32.2. The summed E-state index contributed by atoms with van der Waals surface area (Å²) < 4.78 is 5.52. The number of amides is 1. The summed E-state index contributed by atoms with van der Waals surface area (Å²) in [5, 5.41) is 3.50. The van der Waals surface area contributed by atoms with Crippen LogP contribution in [-0.2, 0) is 4.79 Å². The molecule has 2 N–H and O–H groups in total. The highest BCUT2D eigenvalue weighted by Gasteiger charge is 2.18. The Morgan fingerprint density at radius 2 is 1.93 bits per heavy atom. The monoisotopic (exact) mass is 383 g/mol. The predicted molar refractivity (Wildman–Crippen MR) is 112 cm³/mol. The second kappa shape index (κ2) is 8.05. The Morgan fingerprint density at radius 3 is 2.59 bits per heavy atom. The van der Waals surface area contributed by atoms with Gasteiger partial charge in [0.15, 0.2) is 5.16 Å². The van der Waals surface area contributed by atoms with Crippen LogP contribution in [0, 0.1) is 20.8 Å². The third kappa shape index (κ3) is 4.45. The largest absolute Gasteiger partial charge is 0.494 e. The Bertz CT molecular complexity index is 958. The van der Waals surface area contributed by atoms with E-state index in [-0.39, 0.29) is 11.2 Å².